The Labute approximate surface area is 141 Å². The lowest BCUT2D eigenvalue weighted by atomic mass is 9.93. The topological polar surface area (TPSA) is 58.6 Å². The predicted octanol–water partition coefficient (Wildman–Crippen LogP) is 3.32. The third-order valence-corrected chi connectivity index (χ3v) is 4.09. The first-order valence-corrected chi connectivity index (χ1v) is 7.80. The number of carbonyl (C=O) groups is 2. The zero-order chi connectivity index (χ0) is 17.3. The normalized spacial score (nSPS) is 16.0. The van der Waals surface area contributed by atoms with E-state index in [1.54, 1.807) is 42.3 Å². The van der Waals surface area contributed by atoms with Gasteiger partial charge in [-0.3, -0.25) is 9.59 Å². The maximum Gasteiger partial charge on any atom is 0.255 e. The van der Waals surface area contributed by atoms with E-state index in [1.165, 1.54) is 0 Å². The van der Waals surface area contributed by atoms with Crippen molar-refractivity contribution in [2.75, 3.05) is 23.9 Å². The number of amides is 2. The minimum Gasteiger partial charge on any atom is -0.490 e. The molecule has 0 aromatic heterocycles. The highest BCUT2D eigenvalue weighted by Crippen LogP contribution is 2.37. The van der Waals surface area contributed by atoms with Crippen molar-refractivity contribution in [2.24, 2.45) is 5.41 Å². The van der Waals surface area contributed by atoms with Gasteiger partial charge in [-0.2, -0.15) is 0 Å². The first kappa shape index (κ1) is 16.1. The van der Waals surface area contributed by atoms with Gasteiger partial charge in [0.15, 0.2) is 0 Å². The molecule has 2 aromatic carbocycles. The Bertz CT molecular complexity index is 784. The molecule has 0 unspecified atom stereocenters. The summed E-state index contributed by atoms with van der Waals surface area (Å²) in [6.07, 6.45) is 0. The summed E-state index contributed by atoms with van der Waals surface area (Å²) in [6, 6.07) is 14.3. The van der Waals surface area contributed by atoms with E-state index in [0.717, 1.165) is 0 Å². The Hall–Kier alpha value is -2.82. The molecule has 1 N–H and O–H groups in total. The average Bonchev–Trinajstić information content (AvgIpc) is 2.66. The van der Waals surface area contributed by atoms with Crippen molar-refractivity contribution in [3.8, 4) is 5.75 Å². The van der Waals surface area contributed by atoms with Crippen molar-refractivity contribution in [2.45, 2.75) is 13.8 Å². The van der Waals surface area contributed by atoms with Crippen LogP contribution < -0.4 is 15.0 Å². The molecule has 0 radical (unpaired) electrons. The highest BCUT2D eigenvalue weighted by atomic mass is 16.5. The molecular weight excluding hydrogens is 304 g/mol. The van der Waals surface area contributed by atoms with Crippen LogP contribution in [-0.4, -0.2) is 25.5 Å². The Kier molecular flexibility index (Phi) is 4.01. The Balaban J connectivity index is 1.86. The van der Waals surface area contributed by atoms with Crippen molar-refractivity contribution >= 4 is 23.2 Å². The average molecular weight is 324 g/mol. The summed E-state index contributed by atoms with van der Waals surface area (Å²) < 4.78 is 5.82. The monoisotopic (exact) mass is 324 g/mol. The van der Waals surface area contributed by atoms with Crippen LogP contribution in [0.4, 0.5) is 11.4 Å². The van der Waals surface area contributed by atoms with E-state index in [1.807, 2.05) is 32.0 Å². The largest absolute Gasteiger partial charge is 0.490 e. The summed E-state index contributed by atoms with van der Waals surface area (Å²) in [7, 11) is 1.74. The number of anilines is 2. The summed E-state index contributed by atoms with van der Waals surface area (Å²) in [6.45, 7) is 4.00. The lowest BCUT2D eigenvalue weighted by Gasteiger charge is -2.24. The van der Waals surface area contributed by atoms with Crippen LogP contribution in [0.15, 0.2) is 48.5 Å². The fourth-order valence-corrected chi connectivity index (χ4v) is 2.66. The van der Waals surface area contributed by atoms with E-state index in [4.69, 9.17) is 4.74 Å². The quantitative estimate of drug-likeness (QED) is 0.922. The molecule has 0 saturated carbocycles. The molecule has 5 nitrogen and oxygen atoms in total. The molecule has 0 spiro atoms. The number of ether oxygens (including phenoxy) is 1. The van der Waals surface area contributed by atoms with Crippen molar-refractivity contribution in [1.82, 2.24) is 0 Å². The van der Waals surface area contributed by atoms with Gasteiger partial charge in [0, 0.05) is 24.4 Å². The van der Waals surface area contributed by atoms with Crippen LogP contribution >= 0.6 is 0 Å². The number of benzene rings is 2. The lowest BCUT2D eigenvalue weighted by molar-refractivity contribution is -0.127. The highest BCUT2D eigenvalue weighted by molar-refractivity contribution is 6.05. The Morgan fingerprint density at radius 1 is 1.17 bits per heavy atom. The first-order valence-electron chi connectivity index (χ1n) is 7.80. The van der Waals surface area contributed by atoms with Crippen LogP contribution in [0, 0.1) is 5.41 Å². The summed E-state index contributed by atoms with van der Waals surface area (Å²) >= 11 is 0. The standard InChI is InChI=1S/C19H20N2O3/c1-19(2)12-24-16-11-14(9-10-15(16)21(3)18(19)23)20-17(22)13-7-5-4-6-8-13/h4-11H,12H2,1-3H3,(H,20,22). The molecule has 2 aromatic rings. The van der Waals surface area contributed by atoms with Crippen LogP contribution in [0.5, 0.6) is 5.75 Å². The lowest BCUT2D eigenvalue weighted by Crippen LogP contribution is -2.39. The predicted molar refractivity (Wildman–Crippen MR) is 93.5 cm³/mol. The third-order valence-electron chi connectivity index (χ3n) is 4.09. The smallest absolute Gasteiger partial charge is 0.255 e. The number of hydrogen-bond donors (Lipinski definition) is 1. The van der Waals surface area contributed by atoms with Crippen LogP contribution in [0.2, 0.25) is 0 Å². The molecule has 0 saturated heterocycles. The molecular formula is C19H20N2O3. The SMILES string of the molecule is CN1C(=O)C(C)(C)COc2cc(NC(=O)c3ccccc3)ccc21. The van der Waals surface area contributed by atoms with Crippen LogP contribution in [0.1, 0.15) is 24.2 Å². The molecule has 24 heavy (non-hydrogen) atoms. The molecule has 124 valence electrons. The second kappa shape index (κ2) is 6.00. The van der Waals surface area contributed by atoms with Gasteiger partial charge >= 0.3 is 0 Å². The zero-order valence-electron chi connectivity index (χ0n) is 14.0. The Morgan fingerprint density at radius 3 is 2.58 bits per heavy atom. The number of nitrogens with one attached hydrogen (secondary N) is 1. The second-order valence-electron chi connectivity index (χ2n) is 6.54. The van der Waals surface area contributed by atoms with Gasteiger partial charge in [0.05, 0.1) is 11.1 Å². The number of carbonyl (C=O) groups excluding carboxylic acids is 2. The molecule has 1 heterocycles. The fourth-order valence-electron chi connectivity index (χ4n) is 2.66. The van der Waals surface area contributed by atoms with Gasteiger partial charge in [0.2, 0.25) is 5.91 Å². The fraction of sp³-hybridized carbons (Fsp3) is 0.263. The van der Waals surface area contributed by atoms with E-state index in [0.29, 0.717) is 29.3 Å². The van der Waals surface area contributed by atoms with Crippen molar-refractivity contribution < 1.29 is 14.3 Å². The van der Waals surface area contributed by atoms with Gasteiger partial charge < -0.3 is 15.0 Å². The van der Waals surface area contributed by atoms with Gasteiger partial charge in [0.25, 0.3) is 5.91 Å². The van der Waals surface area contributed by atoms with Crippen LogP contribution in [0.25, 0.3) is 0 Å². The van der Waals surface area contributed by atoms with Gasteiger partial charge in [0.1, 0.15) is 12.4 Å². The molecule has 1 aliphatic heterocycles. The second-order valence-corrected chi connectivity index (χ2v) is 6.54. The molecule has 3 rings (SSSR count). The van der Waals surface area contributed by atoms with Crippen molar-refractivity contribution in [1.29, 1.82) is 0 Å². The van der Waals surface area contributed by atoms with Gasteiger partial charge in [-0.15, -0.1) is 0 Å². The summed E-state index contributed by atoms with van der Waals surface area (Å²) in [5.41, 5.74) is 1.31. The minimum absolute atomic E-state index is 0.00215. The van der Waals surface area contributed by atoms with E-state index in [2.05, 4.69) is 5.32 Å². The van der Waals surface area contributed by atoms with Gasteiger partial charge in [-0.1, -0.05) is 18.2 Å². The Morgan fingerprint density at radius 2 is 1.88 bits per heavy atom. The summed E-state index contributed by atoms with van der Waals surface area (Å²) in [5, 5.41) is 2.85. The number of fused-ring (bicyclic) bond motifs is 1. The summed E-state index contributed by atoms with van der Waals surface area (Å²) in [4.78, 5) is 26.3. The molecule has 2 amide bonds. The van der Waals surface area contributed by atoms with Gasteiger partial charge in [-0.25, -0.2) is 0 Å². The minimum atomic E-state index is -0.596. The van der Waals surface area contributed by atoms with E-state index in [9.17, 15) is 9.59 Å². The molecule has 1 aliphatic rings. The molecule has 0 bridgehead atoms. The van der Waals surface area contributed by atoms with Gasteiger partial charge in [-0.05, 0) is 38.1 Å². The molecule has 5 heteroatoms. The highest BCUT2D eigenvalue weighted by Gasteiger charge is 2.36. The molecule has 0 aliphatic carbocycles. The van der Waals surface area contributed by atoms with Crippen LogP contribution in [-0.2, 0) is 4.79 Å². The van der Waals surface area contributed by atoms with E-state index in [-0.39, 0.29) is 11.8 Å². The number of hydrogen-bond acceptors (Lipinski definition) is 3. The maximum atomic E-state index is 12.5. The molecule has 0 fully saturated rings. The van der Waals surface area contributed by atoms with Crippen molar-refractivity contribution in [3.63, 3.8) is 0 Å². The van der Waals surface area contributed by atoms with E-state index < -0.39 is 5.41 Å². The first-order chi connectivity index (χ1) is 11.4. The van der Waals surface area contributed by atoms with Crippen LogP contribution in [0.3, 0.4) is 0 Å². The maximum absolute atomic E-state index is 12.5. The number of rotatable bonds is 2. The zero-order valence-corrected chi connectivity index (χ0v) is 14.0. The summed E-state index contributed by atoms with van der Waals surface area (Å²) in [5.74, 6) is 0.401. The van der Waals surface area contributed by atoms with E-state index >= 15 is 0 Å². The third kappa shape index (κ3) is 2.97. The van der Waals surface area contributed by atoms with Crippen molar-refractivity contribution in [3.05, 3.63) is 54.1 Å². The number of nitrogens with zero attached hydrogens (tertiary/aromatic N) is 1. The molecule has 0 atom stereocenters.